The molecule has 2 atom stereocenters. The fourth-order valence-electron chi connectivity index (χ4n) is 2.73. The van der Waals surface area contributed by atoms with Gasteiger partial charge in [0.15, 0.2) is 0 Å². The third-order valence-corrected chi connectivity index (χ3v) is 3.61. The number of piperidine rings is 1. The SMILES string of the molecule is CC(N)C1CCCCN1Cc1cccc(N)c1. The highest BCUT2D eigenvalue weighted by atomic mass is 15.2. The topological polar surface area (TPSA) is 55.3 Å². The van der Waals surface area contributed by atoms with Crippen molar-refractivity contribution in [1.29, 1.82) is 0 Å². The summed E-state index contributed by atoms with van der Waals surface area (Å²) in [5.41, 5.74) is 14.0. The van der Waals surface area contributed by atoms with Crippen molar-refractivity contribution in [3.8, 4) is 0 Å². The van der Waals surface area contributed by atoms with E-state index >= 15 is 0 Å². The van der Waals surface area contributed by atoms with E-state index in [2.05, 4.69) is 24.0 Å². The summed E-state index contributed by atoms with van der Waals surface area (Å²) in [6, 6.07) is 8.93. The lowest BCUT2D eigenvalue weighted by molar-refractivity contribution is 0.123. The summed E-state index contributed by atoms with van der Waals surface area (Å²) in [5.74, 6) is 0. The van der Waals surface area contributed by atoms with Crippen LogP contribution in [0.25, 0.3) is 0 Å². The minimum absolute atomic E-state index is 0.247. The van der Waals surface area contributed by atoms with Crippen LogP contribution in [0.4, 0.5) is 5.69 Å². The van der Waals surface area contributed by atoms with Crippen LogP contribution < -0.4 is 11.5 Å². The molecule has 17 heavy (non-hydrogen) atoms. The number of rotatable bonds is 3. The van der Waals surface area contributed by atoms with Crippen LogP contribution in [0.1, 0.15) is 31.7 Å². The van der Waals surface area contributed by atoms with Crippen LogP contribution in [0.15, 0.2) is 24.3 Å². The van der Waals surface area contributed by atoms with E-state index < -0.39 is 0 Å². The maximum absolute atomic E-state index is 6.07. The van der Waals surface area contributed by atoms with E-state index in [1.165, 1.54) is 24.8 Å². The number of hydrogen-bond donors (Lipinski definition) is 2. The quantitative estimate of drug-likeness (QED) is 0.785. The Morgan fingerprint density at radius 3 is 2.94 bits per heavy atom. The maximum Gasteiger partial charge on any atom is 0.0317 e. The van der Waals surface area contributed by atoms with Gasteiger partial charge in [-0.3, -0.25) is 4.90 Å². The van der Waals surface area contributed by atoms with Crippen molar-refractivity contribution in [2.24, 2.45) is 5.73 Å². The Bertz CT molecular complexity index is 362. The Labute approximate surface area is 104 Å². The highest BCUT2D eigenvalue weighted by Gasteiger charge is 2.25. The number of nitrogens with two attached hydrogens (primary N) is 2. The molecule has 1 saturated heterocycles. The Hall–Kier alpha value is -1.06. The number of likely N-dealkylation sites (tertiary alicyclic amines) is 1. The van der Waals surface area contributed by atoms with Crippen LogP contribution in [0.2, 0.25) is 0 Å². The molecule has 1 fully saturated rings. The molecule has 3 nitrogen and oxygen atoms in total. The van der Waals surface area contributed by atoms with E-state index in [1.807, 2.05) is 12.1 Å². The number of nitrogens with zero attached hydrogens (tertiary/aromatic N) is 1. The molecule has 94 valence electrons. The van der Waals surface area contributed by atoms with Crippen molar-refractivity contribution in [1.82, 2.24) is 4.90 Å². The first kappa shape index (κ1) is 12.4. The summed E-state index contributed by atoms with van der Waals surface area (Å²) in [7, 11) is 0. The van der Waals surface area contributed by atoms with Crippen LogP contribution in [0, 0.1) is 0 Å². The van der Waals surface area contributed by atoms with Crippen LogP contribution in [-0.4, -0.2) is 23.5 Å². The van der Waals surface area contributed by atoms with Crippen molar-refractivity contribution in [2.45, 2.75) is 44.8 Å². The third kappa shape index (κ3) is 3.20. The van der Waals surface area contributed by atoms with Crippen LogP contribution in [0.5, 0.6) is 0 Å². The number of anilines is 1. The van der Waals surface area contributed by atoms with Gasteiger partial charge in [0.25, 0.3) is 0 Å². The molecule has 0 amide bonds. The van der Waals surface area contributed by atoms with Crippen LogP contribution in [-0.2, 0) is 6.54 Å². The lowest BCUT2D eigenvalue weighted by atomic mass is 9.96. The second-order valence-corrected chi connectivity index (χ2v) is 5.14. The lowest BCUT2D eigenvalue weighted by Gasteiger charge is -2.38. The molecule has 1 heterocycles. The molecule has 0 radical (unpaired) electrons. The van der Waals surface area contributed by atoms with Crippen molar-refractivity contribution in [3.05, 3.63) is 29.8 Å². The molecule has 2 unspecified atom stereocenters. The molecule has 1 aromatic carbocycles. The largest absolute Gasteiger partial charge is 0.399 e. The molecular formula is C14H23N3. The summed E-state index contributed by atoms with van der Waals surface area (Å²) in [6.45, 7) is 4.24. The average molecular weight is 233 g/mol. The smallest absolute Gasteiger partial charge is 0.0317 e. The molecule has 1 aromatic rings. The zero-order chi connectivity index (χ0) is 12.3. The Morgan fingerprint density at radius 1 is 1.41 bits per heavy atom. The fourth-order valence-corrected chi connectivity index (χ4v) is 2.73. The van der Waals surface area contributed by atoms with Crippen molar-refractivity contribution >= 4 is 5.69 Å². The molecule has 3 heteroatoms. The van der Waals surface area contributed by atoms with Gasteiger partial charge >= 0.3 is 0 Å². The summed E-state index contributed by atoms with van der Waals surface area (Å²) >= 11 is 0. The molecule has 0 saturated carbocycles. The van der Waals surface area contributed by atoms with E-state index in [-0.39, 0.29) is 6.04 Å². The van der Waals surface area contributed by atoms with Gasteiger partial charge < -0.3 is 11.5 Å². The zero-order valence-electron chi connectivity index (χ0n) is 10.6. The highest BCUT2D eigenvalue weighted by molar-refractivity contribution is 5.40. The first-order chi connectivity index (χ1) is 8.16. The van der Waals surface area contributed by atoms with Gasteiger partial charge in [-0.15, -0.1) is 0 Å². The van der Waals surface area contributed by atoms with E-state index in [4.69, 9.17) is 11.5 Å². The summed E-state index contributed by atoms with van der Waals surface area (Å²) in [6.07, 6.45) is 3.81. The van der Waals surface area contributed by atoms with Gasteiger partial charge in [0.05, 0.1) is 0 Å². The molecule has 0 bridgehead atoms. The van der Waals surface area contributed by atoms with Gasteiger partial charge in [0.1, 0.15) is 0 Å². The summed E-state index contributed by atoms with van der Waals surface area (Å²) in [4.78, 5) is 2.50. The van der Waals surface area contributed by atoms with Gasteiger partial charge in [-0.1, -0.05) is 18.6 Å². The molecule has 1 aliphatic heterocycles. The minimum Gasteiger partial charge on any atom is -0.399 e. The predicted molar refractivity (Wildman–Crippen MR) is 72.6 cm³/mol. The maximum atomic E-state index is 6.07. The van der Waals surface area contributed by atoms with E-state index in [0.717, 1.165) is 18.8 Å². The van der Waals surface area contributed by atoms with Crippen LogP contribution in [0.3, 0.4) is 0 Å². The van der Waals surface area contributed by atoms with Gasteiger partial charge in [-0.05, 0) is 44.0 Å². The minimum atomic E-state index is 0.247. The first-order valence-corrected chi connectivity index (χ1v) is 6.51. The van der Waals surface area contributed by atoms with Gasteiger partial charge in [-0.25, -0.2) is 0 Å². The molecule has 0 spiro atoms. The van der Waals surface area contributed by atoms with Gasteiger partial charge in [-0.2, -0.15) is 0 Å². The van der Waals surface area contributed by atoms with Crippen molar-refractivity contribution < 1.29 is 0 Å². The van der Waals surface area contributed by atoms with Gasteiger partial charge in [0.2, 0.25) is 0 Å². The zero-order valence-corrected chi connectivity index (χ0v) is 10.6. The van der Waals surface area contributed by atoms with Crippen LogP contribution >= 0.6 is 0 Å². The van der Waals surface area contributed by atoms with Gasteiger partial charge in [0, 0.05) is 24.3 Å². The number of benzene rings is 1. The number of hydrogen-bond acceptors (Lipinski definition) is 3. The molecule has 1 aliphatic rings. The Kier molecular flexibility index (Phi) is 4.02. The standard InChI is InChI=1S/C14H23N3/c1-11(15)14-7-2-3-8-17(14)10-12-5-4-6-13(16)9-12/h4-6,9,11,14H,2-3,7-8,10,15-16H2,1H3. The molecular weight excluding hydrogens is 210 g/mol. The highest BCUT2D eigenvalue weighted by Crippen LogP contribution is 2.21. The monoisotopic (exact) mass is 233 g/mol. The molecule has 0 aliphatic carbocycles. The molecule has 2 rings (SSSR count). The fraction of sp³-hybridized carbons (Fsp3) is 0.571. The molecule has 4 N–H and O–H groups in total. The van der Waals surface area contributed by atoms with E-state index in [9.17, 15) is 0 Å². The molecule has 0 aromatic heterocycles. The normalized spacial score (nSPS) is 23.5. The van der Waals surface area contributed by atoms with Crippen molar-refractivity contribution in [3.63, 3.8) is 0 Å². The Morgan fingerprint density at radius 2 is 2.24 bits per heavy atom. The van der Waals surface area contributed by atoms with E-state index in [0.29, 0.717) is 6.04 Å². The summed E-state index contributed by atoms with van der Waals surface area (Å²) < 4.78 is 0. The Balaban J connectivity index is 2.05. The van der Waals surface area contributed by atoms with Crippen molar-refractivity contribution in [2.75, 3.05) is 12.3 Å². The first-order valence-electron chi connectivity index (χ1n) is 6.51. The summed E-state index contributed by atoms with van der Waals surface area (Å²) in [5, 5.41) is 0. The second-order valence-electron chi connectivity index (χ2n) is 5.14. The number of nitrogen functional groups attached to an aromatic ring is 1. The average Bonchev–Trinajstić information content (AvgIpc) is 2.29. The second kappa shape index (κ2) is 5.52. The van der Waals surface area contributed by atoms with E-state index in [1.54, 1.807) is 0 Å². The third-order valence-electron chi connectivity index (χ3n) is 3.61. The predicted octanol–water partition coefficient (Wildman–Crippen LogP) is 1.97. The lowest BCUT2D eigenvalue weighted by Crippen LogP contribution is -2.48.